The number of halogens is 3. The molecule has 1 aromatic carbocycles. The number of nitrogens with one attached hydrogen (secondary N) is 1. The van der Waals surface area contributed by atoms with Crippen molar-refractivity contribution >= 4 is 23.1 Å². The van der Waals surface area contributed by atoms with Gasteiger partial charge < -0.3 is 15.1 Å². The molecule has 0 aliphatic carbocycles. The fourth-order valence-electron chi connectivity index (χ4n) is 4.49. The Hall–Kier alpha value is -3.37. The first-order valence-corrected chi connectivity index (χ1v) is 11.3. The lowest BCUT2D eigenvalue weighted by molar-refractivity contribution is -0.384. The topological polar surface area (TPSA) is 91.6 Å². The summed E-state index contributed by atoms with van der Waals surface area (Å²) in [5, 5.41) is 14.3. The second-order valence-electron chi connectivity index (χ2n) is 8.64. The number of benzene rings is 1. The molecule has 2 saturated heterocycles. The molecule has 34 heavy (non-hydrogen) atoms. The fraction of sp³-hybridized carbons (Fsp3) is 0.478. The standard InChI is InChI=1S/C23H26F3N5O3/c24-23(25,26)16-4-7-21(27-15-16)30-12-8-17(9-13-30)28-22(32)19-14-18(31(33)34)5-6-20(19)29-10-2-1-3-11-29/h4-7,14-15,17H,1-3,8-13H2,(H,28,32). The Morgan fingerprint density at radius 1 is 1.03 bits per heavy atom. The van der Waals surface area contributed by atoms with Crippen LogP contribution in [0, 0.1) is 10.1 Å². The number of alkyl halides is 3. The number of carbonyl (C=O) groups excluding carboxylic acids is 1. The number of aromatic nitrogens is 1. The van der Waals surface area contributed by atoms with Crippen molar-refractivity contribution in [1.29, 1.82) is 0 Å². The van der Waals surface area contributed by atoms with Crippen LogP contribution in [0.25, 0.3) is 0 Å². The van der Waals surface area contributed by atoms with Gasteiger partial charge >= 0.3 is 6.18 Å². The zero-order valence-corrected chi connectivity index (χ0v) is 18.6. The Labute approximate surface area is 194 Å². The fourth-order valence-corrected chi connectivity index (χ4v) is 4.49. The van der Waals surface area contributed by atoms with Gasteiger partial charge in [-0.15, -0.1) is 0 Å². The first-order chi connectivity index (χ1) is 16.2. The van der Waals surface area contributed by atoms with E-state index in [9.17, 15) is 28.1 Å². The van der Waals surface area contributed by atoms with Crippen LogP contribution in [0.5, 0.6) is 0 Å². The van der Waals surface area contributed by atoms with Gasteiger partial charge in [0, 0.05) is 50.6 Å². The van der Waals surface area contributed by atoms with Gasteiger partial charge in [-0.1, -0.05) is 0 Å². The SMILES string of the molecule is O=C(NC1CCN(c2ccc(C(F)(F)F)cn2)CC1)c1cc([N+](=O)[O-])ccc1N1CCCCC1. The van der Waals surface area contributed by atoms with E-state index in [1.54, 1.807) is 6.07 Å². The van der Waals surface area contributed by atoms with E-state index in [-0.39, 0.29) is 17.6 Å². The summed E-state index contributed by atoms with van der Waals surface area (Å²) in [4.78, 5) is 31.8. The third-order valence-electron chi connectivity index (χ3n) is 6.36. The molecule has 1 N–H and O–H groups in total. The number of nitrogens with zero attached hydrogens (tertiary/aromatic N) is 4. The van der Waals surface area contributed by atoms with Crippen molar-refractivity contribution < 1.29 is 22.9 Å². The van der Waals surface area contributed by atoms with E-state index < -0.39 is 16.7 Å². The van der Waals surface area contributed by atoms with Gasteiger partial charge in [-0.05, 0) is 50.3 Å². The summed E-state index contributed by atoms with van der Waals surface area (Å²) in [5.41, 5.74) is 0.0751. The molecule has 0 atom stereocenters. The van der Waals surface area contributed by atoms with Crippen LogP contribution in [0.2, 0.25) is 0 Å². The van der Waals surface area contributed by atoms with E-state index in [1.807, 2.05) is 4.90 Å². The number of hydrogen-bond donors (Lipinski definition) is 1. The number of amides is 1. The highest BCUT2D eigenvalue weighted by molar-refractivity contribution is 6.00. The zero-order chi connectivity index (χ0) is 24.3. The molecule has 0 spiro atoms. The Morgan fingerprint density at radius 2 is 1.74 bits per heavy atom. The monoisotopic (exact) mass is 477 g/mol. The summed E-state index contributed by atoms with van der Waals surface area (Å²) >= 11 is 0. The van der Waals surface area contributed by atoms with Crippen molar-refractivity contribution in [3.63, 3.8) is 0 Å². The van der Waals surface area contributed by atoms with Crippen LogP contribution in [-0.2, 0) is 6.18 Å². The molecule has 4 rings (SSSR count). The van der Waals surface area contributed by atoms with Crippen molar-refractivity contribution in [2.45, 2.75) is 44.3 Å². The summed E-state index contributed by atoms with van der Waals surface area (Å²) in [7, 11) is 0. The maximum Gasteiger partial charge on any atom is 0.417 e. The Balaban J connectivity index is 1.41. The predicted octanol–water partition coefficient (Wildman–Crippen LogP) is 4.40. The number of rotatable bonds is 5. The van der Waals surface area contributed by atoms with Crippen LogP contribution in [-0.4, -0.2) is 48.0 Å². The van der Waals surface area contributed by atoms with Crippen molar-refractivity contribution in [1.82, 2.24) is 10.3 Å². The van der Waals surface area contributed by atoms with Crippen molar-refractivity contribution in [3.05, 3.63) is 57.8 Å². The summed E-state index contributed by atoms with van der Waals surface area (Å²) in [5.74, 6) is 0.110. The summed E-state index contributed by atoms with van der Waals surface area (Å²) in [6, 6.07) is 6.64. The van der Waals surface area contributed by atoms with Gasteiger partial charge in [-0.25, -0.2) is 4.98 Å². The molecule has 2 fully saturated rings. The van der Waals surface area contributed by atoms with E-state index in [0.717, 1.165) is 44.6 Å². The molecular weight excluding hydrogens is 451 g/mol. The maximum absolute atomic E-state index is 13.1. The molecule has 0 unspecified atom stereocenters. The van der Waals surface area contributed by atoms with Crippen LogP contribution in [0.15, 0.2) is 36.5 Å². The minimum atomic E-state index is -4.43. The highest BCUT2D eigenvalue weighted by Crippen LogP contribution is 2.31. The molecule has 2 aliphatic heterocycles. The van der Waals surface area contributed by atoms with E-state index in [1.165, 1.54) is 18.2 Å². The minimum absolute atomic E-state index is 0.130. The molecule has 0 bridgehead atoms. The van der Waals surface area contributed by atoms with Gasteiger partial charge in [-0.2, -0.15) is 13.2 Å². The van der Waals surface area contributed by atoms with E-state index >= 15 is 0 Å². The molecule has 0 radical (unpaired) electrons. The number of anilines is 2. The van der Waals surface area contributed by atoms with E-state index in [2.05, 4.69) is 15.2 Å². The maximum atomic E-state index is 13.1. The number of hydrogen-bond acceptors (Lipinski definition) is 6. The smallest absolute Gasteiger partial charge is 0.371 e. The predicted molar refractivity (Wildman–Crippen MR) is 121 cm³/mol. The third-order valence-corrected chi connectivity index (χ3v) is 6.36. The van der Waals surface area contributed by atoms with Crippen molar-refractivity contribution in [2.24, 2.45) is 0 Å². The highest BCUT2D eigenvalue weighted by atomic mass is 19.4. The Kier molecular flexibility index (Phi) is 6.90. The quantitative estimate of drug-likeness (QED) is 0.507. The number of piperidine rings is 2. The third kappa shape index (κ3) is 5.40. The summed E-state index contributed by atoms with van der Waals surface area (Å²) in [6.07, 6.45) is 0.710. The van der Waals surface area contributed by atoms with Gasteiger partial charge in [0.05, 0.1) is 21.7 Å². The lowest BCUT2D eigenvalue weighted by Crippen LogP contribution is -2.45. The first-order valence-electron chi connectivity index (χ1n) is 11.3. The average Bonchev–Trinajstić information content (AvgIpc) is 2.84. The molecule has 2 aromatic rings. The average molecular weight is 477 g/mol. The van der Waals surface area contributed by atoms with Gasteiger partial charge in [0.25, 0.3) is 11.6 Å². The van der Waals surface area contributed by atoms with Gasteiger partial charge in [-0.3, -0.25) is 14.9 Å². The highest BCUT2D eigenvalue weighted by Gasteiger charge is 2.31. The van der Waals surface area contributed by atoms with Crippen LogP contribution in [0.4, 0.5) is 30.4 Å². The van der Waals surface area contributed by atoms with Gasteiger partial charge in [0.2, 0.25) is 0 Å². The molecule has 11 heteroatoms. The second kappa shape index (κ2) is 9.86. The number of carbonyl (C=O) groups is 1. The molecule has 182 valence electrons. The van der Waals surface area contributed by atoms with Crippen molar-refractivity contribution in [3.8, 4) is 0 Å². The van der Waals surface area contributed by atoms with E-state index in [4.69, 9.17) is 0 Å². The van der Waals surface area contributed by atoms with Crippen LogP contribution in [0.3, 0.4) is 0 Å². The molecule has 3 heterocycles. The number of non-ortho nitro benzene ring substituents is 1. The second-order valence-corrected chi connectivity index (χ2v) is 8.64. The first kappa shape index (κ1) is 23.8. The molecule has 1 aromatic heterocycles. The normalized spacial score (nSPS) is 17.5. The Bertz CT molecular complexity index is 1030. The number of pyridine rings is 1. The van der Waals surface area contributed by atoms with Crippen LogP contribution in [0.1, 0.15) is 48.0 Å². The molecular formula is C23H26F3N5O3. The molecule has 2 aliphatic rings. The molecule has 0 saturated carbocycles. The molecule has 1 amide bonds. The van der Waals surface area contributed by atoms with E-state index in [0.29, 0.717) is 43.0 Å². The van der Waals surface area contributed by atoms with Gasteiger partial charge in [0.1, 0.15) is 5.82 Å². The lowest BCUT2D eigenvalue weighted by Gasteiger charge is -2.34. The van der Waals surface area contributed by atoms with Crippen LogP contribution >= 0.6 is 0 Å². The summed E-state index contributed by atoms with van der Waals surface area (Å²) < 4.78 is 38.3. The number of nitro groups is 1. The molecule has 8 nitrogen and oxygen atoms in total. The largest absolute Gasteiger partial charge is 0.417 e. The lowest BCUT2D eigenvalue weighted by atomic mass is 10.0. The minimum Gasteiger partial charge on any atom is -0.371 e. The van der Waals surface area contributed by atoms with Crippen LogP contribution < -0.4 is 15.1 Å². The Morgan fingerprint density at radius 3 is 2.32 bits per heavy atom. The van der Waals surface area contributed by atoms with Gasteiger partial charge in [0.15, 0.2) is 0 Å². The summed E-state index contributed by atoms with van der Waals surface area (Å²) in [6.45, 7) is 2.65. The number of nitro benzene ring substituents is 1. The van der Waals surface area contributed by atoms with Crippen molar-refractivity contribution in [2.75, 3.05) is 36.0 Å². The zero-order valence-electron chi connectivity index (χ0n) is 18.6.